The zero-order valence-corrected chi connectivity index (χ0v) is 18.9. The number of nitrogens with zero attached hydrogens (tertiary/aromatic N) is 1. The molecule has 30 heavy (non-hydrogen) atoms. The van der Waals surface area contributed by atoms with E-state index in [1.165, 1.54) is 0 Å². The Hall–Kier alpha value is -2.10. The molecule has 0 radical (unpaired) electrons. The van der Waals surface area contributed by atoms with Gasteiger partial charge in [0.25, 0.3) is 0 Å². The van der Waals surface area contributed by atoms with E-state index in [1.807, 2.05) is 62.4 Å². The molecule has 1 aliphatic rings. The van der Waals surface area contributed by atoms with Crippen LogP contribution in [0.5, 0.6) is 0 Å². The van der Waals surface area contributed by atoms with Crippen molar-refractivity contribution in [3.05, 3.63) is 82.4 Å². The number of rotatable bonds is 7. The zero-order valence-electron chi connectivity index (χ0n) is 17.4. The summed E-state index contributed by atoms with van der Waals surface area (Å²) < 4.78 is 0. The molecule has 4 atom stereocenters. The molecule has 1 aliphatic heterocycles. The number of piperidine rings is 1. The Morgan fingerprint density at radius 3 is 2.43 bits per heavy atom. The fourth-order valence-electron chi connectivity index (χ4n) is 4.61. The molecular weight excluding hydrogens is 417 g/mol. The fraction of sp³-hybridized carbons (Fsp3) is 0.360. The van der Waals surface area contributed by atoms with Gasteiger partial charge in [-0.05, 0) is 54.7 Å². The molecule has 4 unspecified atom stereocenters. The maximum Gasteiger partial charge on any atom is 0.229 e. The number of allylic oxidation sites excluding steroid dienone is 1. The van der Waals surface area contributed by atoms with Gasteiger partial charge in [0, 0.05) is 16.0 Å². The van der Waals surface area contributed by atoms with Crippen LogP contribution in [0.4, 0.5) is 0 Å². The van der Waals surface area contributed by atoms with Gasteiger partial charge in [0.15, 0.2) is 0 Å². The van der Waals surface area contributed by atoms with Crippen molar-refractivity contribution < 1.29 is 9.59 Å². The summed E-state index contributed by atoms with van der Waals surface area (Å²) in [5.74, 6) is -0.0406. The number of aldehydes is 1. The average molecular weight is 444 g/mol. The van der Waals surface area contributed by atoms with E-state index < -0.39 is 11.5 Å². The van der Waals surface area contributed by atoms with Crippen LogP contribution in [0.3, 0.4) is 0 Å². The summed E-state index contributed by atoms with van der Waals surface area (Å²) in [5, 5.41) is 1.28. The third-order valence-corrected chi connectivity index (χ3v) is 6.61. The van der Waals surface area contributed by atoms with Gasteiger partial charge >= 0.3 is 0 Å². The highest BCUT2D eigenvalue weighted by molar-refractivity contribution is 6.30. The van der Waals surface area contributed by atoms with E-state index in [9.17, 15) is 9.59 Å². The third kappa shape index (κ3) is 4.33. The van der Waals surface area contributed by atoms with Crippen molar-refractivity contribution in [3.63, 3.8) is 0 Å². The number of amides is 1. The highest BCUT2D eigenvalue weighted by atomic mass is 35.5. The predicted molar refractivity (Wildman–Crippen MR) is 123 cm³/mol. The first-order valence-electron chi connectivity index (χ1n) is 10.2. The molecule has 0 aromatic heterocycles. The first-order valence-corrected chi connectivity index (χ1v) is 11.0. The van der Waals surface area contributed by atoms with Crippen molar-refractivity contribution in [2.24, 2.45) is 5.41 Å². The Bertz CT molecular complexity index is 927. The average Bonchev–Trinajstić information content (AvgIpc) is 2.73. The van der Waals surface area contributed by atoms with Crippen LogP contribution in [0.1, 0.15) is 56.2 Å². The van der Waals surface area contributed by atoms with Crippen LogP contribution < -0.4 is 0 Å². The molecule has 158 valence electrons. The van der Waals surface area contributed by atoms with E-state index in [0.29, 0.717) is 29.3 Å². The molecule has 2 aromatic rings. The minimum absolute atomic E-state index is 0.0143. The summed E-state index contributed by atoms with van der Waals surface area (Å²) in [4.78, 5) is 27.6. The van der Waals surface area contributed by atoms with Gasteiger partial charge in [0.2, 0.25) is 5.91 Å². The molecule has 1 amide bonds. The quantitative estimate of drug-likeness (QED) is 0.356. The number of carbonyl (C=O) groups is 2. The zero-order chi connectivity index (χ0) is 21.9. The number of halogens is 2. The standard InChI is InChI=1S/C25H27Cl2NO2/c1-4-13-25(3)15-22(18-7-6-8-20(27)14-18)23(17-9-11-19(26)12-10-17)28(24(25)30)21(5-2)16-29/h4,6-12,14,16,21-23H,1,5,13,15H2,2-3H3. The van der Waals surface area contributed by atoms with Crippen molar-refractivity contribution in [1.82, 2.24) is 4.90 Å². The normalized spacial score (nSPS) is 25.1. The molecule has 3 nitrogen and oxygen atoms in total. The molecule has 0 bridgehead atoms. The van der Waals surface area contributed by atoms with E-state index in [1.54, 1.807) is 11.0 Å². The molecule has 1 saturated heterocycles. The third-order valence-electron chi connectivity index (χ3n) is 6.12. The molecule has 1 fully saturated rings. The van der Waals surface area contributed by atoms with Crippen LogP contribution in [-0.4, -0.2) is 23.1 Å². The molecule has 1 heterocycles. The highest BCUT2D eigenvalue weighted by Gasteiger charge is 2.50. The van der Waals surface area contributed by atoms with Gasteiger partial charge in [-0.3, -0.25) is 4.79 Å². The first-order chi connectivity index (χ1) is 14.3. The van der Waals surface area contributed by atoms with Gasteiger partial charge in [0.1, 0.15) is 6.29 Å². The molecule has 2 aromatic carbocycles. The minimum atomic E-state index is -0.645. The molecule has 0 aliphatic carbocycles. The summed E-state index contributed by atoms with van der Waals surface area (Å²) >= 11 is 12.5. The van der Waals surface area contributed by atoms with Crippen LogP contribution >= 0.6 is 23.2 Å². The van der Waals surface area contributed by atoms with Crippen LogP contribution in [-0.2, 0) is 9.59 Å². The van der Waals surface area contributed by atoms with E-state index in [4.69, 9.17) is 23.2 Å². The minimum Gasteiger partial charge on any atom is -0.325 e. The van der Waals surface area contributed by atoms with Gasteiger partial charge in [-0.15, -0.1) is 6.58 Å². The van der Waals surface area contributed by atoms with E-state index in [0.717, 1.165) is 17.4 Å². The predicted octanol–water partition coefficient (Wildman–Crippen LogP) is 6.61. The van der Waals surface area contributed by atoms with Crippen molar-refractivity contribution in [3.8, 4) is 0 Å². The fourth-order valence-corrected chi connectivity index (χ4v) is 4.94. The maximum absolute atomic E-state index is 13.8. The van der Waals surface area contributed by atoms with Crippen molar-refractivity contribution in [1.29, 1.82) is 0 Å². The van der Waals surface area contributed by atoms with E-state index >= 15 is 0 Å². The lowest BCUT2D eigenvalue weighted by Gasteiger charge is -2.51. The first kappa shape index (κ1) is 22.6. The summed E-state index contributed by atoms with van der Waals surface area (Å²) in [6, 6.07) is 14.5. The molecular formula is C25H27Cl2NO2. The van der Waals surface area contributed by atoms with Gasteiger partial charge in [-0.2, -0.15) is 0 Å². The smallest absolute Gasteiger partial charge is 0.229 e. The van der Waals surface area contributed by atoms with Gasteiger partial charge in [0.05, 0.1) is 17.5 Å². The topological polar surface area (TPSA) is 37.4 Å². The Morgan fingerprint density at radius 2 is 1.87 bits per heavy atom. The van der Waals surface area contributed by atoms with E-state index in [2.05, 4.69) is 6.58 Å². The molecule has 5 heteroatoms. The van der Waals surface area contributed by atoms with Crippen LogP contribution in [0.15, 0.2) is 61.2 Å². The Labute approximate surface area is 188 Å². The van der Waals surface area contributed by atoms with Gasteiger partial charge < -0.3 is 9.69 Å². The summed E-state index contributed by atoms with van der Waals surface area (Å²) in [5.41, 5.74) is 1.36. The summed E-state index contributed by atoms with van der Waals surface area (Å²) in [6.45, 7) is 7.77. The lowest BCUT2D eigenvalue weighted by Crippen LogP contribution is -2.55. The molecule has 3 rings (SSSR count). The number of benzene rings is 2. The Morgan fingerprint density at radius 1 is 1.17 bits per heavy atom. The highest BCUT2D eigenvalue weighted by Crippen LogP contribution is 2.52. The molecule has 0 N–H and O–H groups in total. The lowest BCUT2D eigenvalue weighted by molar-refractivity contribution is -0.156. The number of likely N-dealkylation sites (tertiary alicyclic amines) is 1. The SMILES string of the molecule is C=CCC1(C)CC(c2cccc(Cl)c2)C(c2ccc(Cl)cc2)N(C(C=O)CC)C1=O. The van der Waals surface area contributed by atoms with Crippen molar-refractivity contribution in [2.45, 2.75) is 51.1 Å². The van der Waals surface area contributed by atoms with Gasteiger partial charge in [-0.25, -0.2) is 0 Å². The molecule has 0 saturated carbocycles. The van der Waals surface area contributed by atoms with Crippen LogP contribution in [0.25, 0.3) is 0 Å². The van der Waals surface area contributed by atoms with Crippen molar-refractivity contribution in [2.75, 3.05) is 0 Å². The van der Waals surface area contributed by atoms with Crippen molar-refractivity contribution >= 4 is 35.4 Å². The summed E-state index contributed by atoms with van der Waals surface area (Å²) in [7, 11) is 0. The second-order valence-corrected chi connectivity index (χ2v) is 9.11. The van der Waals surface area contributed by atoms with E-state index in [-0.39, 0.29) is 17.9 Å². The lowest BCUT2D eigenvalue weighted by atomic mass is 9.67. The van der Waals surface area contributed by atoms with Crippen LogP contribution in [0, 0.1) is 5.41 Å². The number of carbonyl (C=O) groups excluding carboxylic acids is 2. The summed E-state index contributed by atoms with van der Waals surface area (Å²) in [6.07, 6.45) is 4.40. The second kappa shape index (κ2) is 9.36. The van der Waals surface area contributed by atoms with Gasteiger partial charge in [-0.1, -0.05) is 67.4 Å². The van der Waals surface area contributed by atoms with Crippen LogP contribution in [0.2, 0.25) is 10.0 Å². The monoisotopic (exact) mass is 443 g/mol. The number of hydrogen-bond acceptors (Lipinski definition) is 2. The largest absolute Gasteiger partial charge is 0.325 e. The second-order valence-electron chi connectivity index (χ2n) is 8.24. The Kier molecular flexibility index (Phi) is 7.05. The number of hydrogen-bond donors (Lipinski definition) is 0. The Balaban J connectivity index is 2.23. The maximum atomic E-state index is 13.8. The molecule has 0 spiro atoms.